The van der Waals surface area contributed by atoms with E-state index in [9.17, 15) is 4.79 Å². The number of halogens is 1. The second-order valence-corrected chi connectivity index (χ2v) is 3.54. The lowest BCUT2D eigenvalue weighted by Gasteiger charge is -2.06. The molecule has 1 aromatic heterocycles. The topological polar surface area (TPSA) is 60.9 Å². The molecule has 0 bridgehead atoms. The number of benzene rings is 1. The summed E-state index contributed by atoms with van der Waals surface area (Å²) in [5, 5.41) is 0.709. The van der Waals surface area contributed by atoms with Gasteiger partial charge in [-0.15, -0.1) is 0 Å². The highest BCUT2D eigenvalue weighted by atomic mass is 35.5. The molecular formula is C10H10ClN3O. The van der Waals surface area contributed by atoms with Gasteiger partial charge in [0.05, 0.1) is 10.9 Å². The Morgan fingerprint density at radius 3 is 2.93 bits per heavy atom. The van der Waals surface area contributed by atoms with Crippen molar-refractivity contribution in [2.24, 2.45) is 0 Å². The van der Waals surface area contributed by atoms with Gasteiger partial charge in [0.1, 0.15) is 0 Å². The molecule has 0 saturated heterocycles. The fourth-order valence-corrected chi connectivity index (χ4v) is 1.77. The summed E-state index contributed by atoms with van der Waals surface area (Å²) in [6, 6.07) is 5.01. The predicted octanol–water partition coefficient (Wildman–Crippen LogP) is 1.65. The Bertz CT molecular complexity index is 577. The Morgan fingerprint density at radius 2 is 2.27 bits per heavy atom. The second kappa shape index (κ2) is 3.55. The molecule has 0 aliphatic carbocycles. The van der Waals surface area contributed by atoms with Crippen LogP contribution in [0, 0.1) is 0 Å². The maximum absolute atomic E-state index is 11.9. The van der Waals surface area contributed by atoms with Crippen LogP contribution in [0.3, 0.4) is 0 Å². The van der Waals surface area contributed by atoms with E-state index in [1.807, 2.05) is 6.92 Å². The minimum atomic E-state index is -0.153. The number of aromatic nitrogens is 2. The molecule has 2 rings (SSSR count). The number of hydrogen-bond donors (Lipinski definition) is 1. The smallest absolute Gasteiger partial charge is 0.262 e. The summed E-state index contributed by atoms with van der Waals surface area (Å²) in [5.41, 5.74) is 6.58. The minimum absolute atomic E-state index is 0.153. The SMILES string of the molecule is CCn1c(Cl)nc2ccc(N)cc2c1=O. The third-order valence-electron chi connectivity index (χ3n) is 2.25. The lowest BCUT2D eigenvalue weighted by Crippen LogP contribution is -2.21. The maximum atomic E-state index is 11.9. The summed E-state index contributed by atoms with van der Waals surface area (Å²) >= 11 is 5.87. The highest BCUT2D eigenvalue weighted by Gasteiger charge is 2.07. The Balaban J connectivity index is 2.92. The highest BCUT2D eigenvalue weighted by molar-refractivity contribution is 6.28. The molecule has 2 aromatic rings. The number of nitrogen functional groups attached to an aromatic ring is 1. The molecule has 0 spiro atoms. The van der Waals surface area contributed by atoms with Crippen molar-refractivity contribution in [2.75, 3.05) is 5.73 Å². The Kier molecular flexibility index (Phi) is 2.36. The van der Waals surface area contributed by atoms with Crippen LogP contribution in [-0.4, -0.2) is 9.55 Å². The van der Waals surface area contributed by atoms with Gasteiger partial charge in [-0.05, 0) is 36.7 Å². The van der Waals surface area contributed by atoms with Gasteiger partial charge in [-0.1, -0.05) is 0 Å². The molecule has 0 amide bonds. The first kappa shape index (κ1) is 9.98. The molecule has 0 saturated carbocycles. The molecule has 2 N–H and O–H groups in total. The van der Waals surface area contributed by atoms with E-state index in [1.54, 1.807) is 18.2 Å². The van der Waals surface area contributed by atoms with Crippen molar-refractivity contribution >= 4 is 28.2 Å². The fraction of sp³-hybridized carbons (Fsp3) is 0.200. The molecule has 0 aliphatic rings. The summed E-state index contributed by atoms with van der Waals surface area (Å²) in [4.78, 5) is 16.0. The van der Waals surface area contributed by atoms with Gasteiger partial charge in [0.15, 0.2) is 0 Å². The maximum Gasteiger partial charge on any atom is 0.262 e. The van der Waals surface area contributed by atoms with Gasteiger partial charge in [0.25, 0.3) is 5.56 Å². The van der Waals surface area contributed by atoms with Crippen LogP contribution in [0.1, 0.15) is 6.92 Å². The molecule has 4 nitrogen and oxygen atoms in total. The average Bonchev–Trinajstić information content (AvgIpc) is 2.20. The molecular weight excluding hydrogens is 214 g/mol. The number of fused-ring (bicyclic) bond motifs is 1. The largest absolute Gasteiger partial charge is 0.399 e. The van der Waals surface area contributed by atoms with E-state index >= 15 is 0 Å². The second-order valence-electron chi connectivity index (χ2n) is 3.21. The summed E-state index contributed by atoms with van der Waals surface area (Å²) < 4.78 is 1.41. The first-order valence-electron chi connectivity index (χ1n) is 4.59. The Labute approximate surface area is 91.3 Å². The monoisotopic (exact) mass is 223 g/mol. The highest BCUT2D eigenvalue weighted by Crippen LogP contribution is 2.14. The van der Waals surface area contributed by atoms with Gasteiger partial charge in [-0.2, -0.15) is 0 Å². The van der Waals surface area contributed by atoms with E-state index in [4.69, 9.17) is 17.3 Å². The molecule has 0 fully saturated rings. The van der Waals surface area contributed by atoms with E-state index in [-0.39, 0.29) is 10.8 Å². The zero-order valence-electron chi connectivity index (χ0n) is 8.20. The summed E-state index contributed by atoms with van der Waals surface area (Å²) in [6.45, 7) is 2.34. The Hall–Kier alpha value is -1.55. The molecule has 5 heteroatoms. The number of hydrogen-bond acceptors (Lipinski definition) is 3. The number of nitrogens with zero attached hydrogens (tertiary/aromatic N) is 2. The van der Waals surface area contributed by atoms with Crippen molar-refractivity contribution in [1.82, 2.24) is 9.55 Å². The molecule has 78 valence electrons. The lowest BCUT2D eigenvalue weighted by molar-refractivity contribution is 0.719. The molecule has 0 aliphatic heterocycles. The van der Waals surface area contributed by atoms with Crippen molar-refractivity contribution in [2.45, 2.75) is 13.5 Å². The normalized spacial score (nSPS) is 10.8. The van der Waals surface area contributed by atoms with Crippen LogP contribution in [-0.2, 0) is 6.54 Å². The van der Waals surface area contributed by atoms with Crippen molar-refractivity contribution in [3.63, 3.8) is 0 Å². The van der Waals surface area contributed by atoms with E-state index in [1.165, 1.54) is 4.57 Å². The standard InChI is InChI=1S/C10H10ClN3O/c1-2-14-9(15)7-5-6(12)3-4-8(7)13-10(14)11/h3-5H,2,12H2,1H3. The number of anilines is 1. The van der Waals surface area contributed by atoms with Crippen molar-refractivity contribution < 1.29 is 0 Å². The van der Waals surface area contributed by atoms with Gasteiger partial charge in [0.2, 0.25) is 5.28 Å². The van der Waals surface area contributed by atoms with Gasteiger partial charge < -0.3 is 5.73 Å². The molecule has 0 unspecified atom stereocenters. The zero-order chi connectivity index (χ0) is 11.0. The van der Waals surface area contributed by atoms with Gasteiger partial charge in [-0.25, -0.2) is 4.98 Å². The zero-order valence-corrected chi connectivity index (χ0v) is 8.95. The number of nitrogens with two attached hydrogens (primary N) is 1. The third-order valence-corrected chi connectivity index (χ3v) is 2.54. The third kappa shape index (κ3) is 1.57. The summed E-state index contributed by atoms with van der Waals surface area (Å²) in [5.74, 6) is 0. The lowest BCUT2D eigenvalue weighted by atomic mass is 10.2. The van der Waals surface area contributed by atoms with Crippen molar-refractivity contribution in [1.29, 1.82) is 0 Å². The van der Waals surface area contributed by atoms with Crippen molar-refractivity contribution in [3.05, 3.63) is 33.8 Å². The minimum Gasteiger partial charge on any atom is -0.399 e. The quantitative estimate of drug-likeness (QED) is 0.591. The molecule has 0 atom stereocenters. The van der Waals surface area contributed by atoms with Crippen LogP contribution in [0.4, 0.5) is 5.69 Å². The molecule has 15 heavy (non-hydrogen) atoms. The van der Waals surface area contributed by atoms with Gasteiger partial charge in [-0.3, -0.25) is 9.36 Å². The molecule has 1 aromatic carbocycles. The van der Waals surface area contributed by atoms with Gasteiger partial charge >= 0.3 is 0 Å². The van der Waals surface area contributed by atoms with Crippen LogP contribution >= 0.6 is 11.6 Å². The summed E-state index contributed by atoms with van der Waals surface area (Å²) in [6.07, 6.45) is 0. The van der Waals surface area contributed by atoms with Crippen LogP contribution in [0.2, 0.25) is 5.28 Å². The van der Waals surface area contributed by atoms with Crippen LogP contribution in [0.15, 0.2) is 23.0 Å². The molecule has 0 radical (unpaired) electrons. The van der Waals surface area contributed by atoms with Gasteiger partial charge in [0, 0.05) is 12.2 Å². The fourth-order valence-electron chi connectivity index (χ4n) is 1.49. The van der Waals surface area contributed by atoms with Crippen molar-refractivity contribution in [3.8, 4) is 0 Å². The molecule has 1 heterocycles. The predicted molar refractivity (Wildman–Crippen MR) is 61.1 cm³/mol. The average molecular weight is 224 g/mol. The van der Waals surface area contributed by atoms with Crippen LogP contribution in [0.5, 0.6) is 0 Å². The summed E-state index contributed by atoms with van der Waals surface area (Å²) in [7, 11) is 0. The number of rotatable bonds is 1. The van der Waals surface area contributed by atoms with E-state index < -0.39 is 0 Å². The van der Waals surface area contributed by atoms with E-state index in [0.717, 1.165) is 0 Å². The Morgan fingerprint density at radius 1 is 1.53 bits per heavy atom. The van der Waals surface area contributed by atoms with Crippen LogP contribution < -0.4 is 11.3 Å². The first-order valence-corrected chi connectivity index (χ1v) is 4.97. The van der Waals surface area contributed by atoms with E-state index in [2.05, 4.69) is 4.98 Å². The van der Waals surface area contributed by atoms with Crippen LogP contribution in [0.25, 0.3) is 10.9 Å². The first-order chi connectivity index (χ1) is 7.13. The van der Waals surface area contributed by atoms with E-state index in [0.29, 0.717) is 23.1 Å².